The summed E-state index contributed by atoms with van der Waals surface area (Å²) in [5.74, 6) is 1.02. The first-order valence-electron chi connectivity index (χ1n) is 7.69. The number of likely N-dealkylation sites (N-methyl/N-ethyl adjacent to an activating group) is 3. The van der Waals surface area contributed by atoms with Crippen molar-refractivity contribution in [2.75, 3.05) is 47.9 Å². The quantitative estimate of drug-likeness (QED) is 0.916. The van der Waals surface area contributed by atoms with E-state index in [4.69, 9.17) is 4.74 Å². The third-order valence-corrected chi connectivity index (χ3v) is 4.84. The Hall–Kier alpha value is -1.10. The van der Waals surface area contributed by atoms with Gasteiger partial charge in [0.15, 0.2) is 0 Å². The molecule has 1 aromatic carbocycles. The van der Waals surface area contributed by atoms with Gasteiger partial charge in [-0.3, -0.25) is 4.90 Å². The van der Waals surface area contributed by atoms with Gasteiger partial charge in [-0.05, 0) is 46.1 Å². The van der Waals surface area contributed by atoms with Crippen molar-refractivity contribution < 1.29 is 4.74 Å². The Morgan fingerprint density at radius 1 is 1.24 bits per heavy atom. The van der Waals surface area contributed by atoms with Crippen LogP contribution in [0.25, 0.3) is 0 Å². The number of benzene rings is 1. The SMILES string of the molecule is CNC(c1ccc(C)c(C)c1OC)C1CN(C)CCN1C. The molecule has 1 saturated heterocycles. The molecule has 21 heavy (non-hydrogen) atoms. The molecule has 0 amide bonds. The standard InChI is InChI=1S/C17H29N3O/c1-12-7-8-14(17(21-6)13(12)2)16(18-3)15-11-19(4)9-10-20(15)5/h7-8,15-16,18H,9-11H2,1-6H3. The third-order valence-electron chi connectivity index (χ3n) is 4.84. The number of rotatable bonds is 4. The van der Waals surface area contributed by atoms with Crippen molar-refractivity contribution in [2.45, 2.75) is 25.9 Å². The molecule has 0 saturated carbocycles. The molecule has 118 valence electrons. The first-order chi connectivity index (χ1) is 9.99. The highest BCUT2D eigenvalue weighted by Crippen LogP contribution is 2.34. The van der Waals surface area contributed by atoms with Crippen molar-refractivity contribution in [3.8, 4) is 5.75 Å². The number of nitrogens with zero attached hydrogens (tertiary/aromatic N) is 2. The fraction of sp³-hybridized carbons (Fsp3) is 0.647. The van der Waals surface area contributed by atoms with Gasteiger partial charge in [-0.25, -0.2) is 0 Å². The number of piperazine rings is 1. The van der Waals surface area contributed by atoms with Gasteiger partial charge >= 0.3 is 0 Å². The van der Waals surface area contributed by atoms with Crippen molar-refractivity contribution in [3.63, 3.8) is 0 Å². The van der Waals surface area contributed by atoms with E-state index in [9.17, 15) is 0 Å². The van der Waals surface area contributed by atoms with Gasteiger partial charge in [0, 0.05) is 31.2 Å². The molecule has 1 aromatic rings. The van der Waals surface area contributed by atoms with E-state index in [-0.39, 0.29) is 6.04 Å². The zero-order chi connectivity index (χ0) is 15.6. The van der Waals surface area contributed by atoms with Crippen LogP contribution in [0.15, 0.2) is 12.1 Å². The Morgan fingerprint density at radius 3 is 2.57 bits per heavy atom. The number of nitrogens with one attached hydrogen (secondary N) is 1. The zero-order valence-electron chi connectivity index (χ0n) is 14.2. The molecule has 0 aromatic heterocycles. The lowest BCUT2D eigenvalue weighted by Crippen LogP contribution is -2.54. The average molecular weight is 291 g/mol. The van der Waals surface area contributed by atoms with Gasteiger partial charge in [-0.1, -0.05) is 12.1 Å². The van der Waals surface area contributed by atoms with Gasteiger partial charge in [0.1, 0.15) is 5.75 Å². The van der Waals surface area contributed by atoms with Crippen molar-refractivity contribution in [2.24, 2.45) is 0 Å². The van der Waals surface area contributed by atoms with Gasteiger partial charge in [-0.2, -0.15) is 0 Å². The number of hydrogen-bond acceptors (Lipinski definition) is 4. The smallest absolute Gasteiger partial charge is 0.126 e. The number of methoxy groups -OCH3 is 1. The predicted molar refractivity (Wildman–Crippen MR) is 88.2 cm³/mol. The normalized spacial score (nSPS) is 22.3. The molecule has 2 atom stereocenters. The monoisotopic (exact) mass is 291 g/mol. The van der Waals surface area contributed by atoms with E-state index >= 15 is 0 Å². The summed E-state index contributed by atoms with van der Waals surface area (Å²) in [4.78, 5) is 4.86. The summed E-state index contributed by atoms with van der Waals surface area (Å²) in [5, 5.41) is 3.51. The maximum absolute atomic E-state index is 5.72. The molecule has 1 aliphatic rings. The minimum atomic E-state index is 0.270. The summed E-state index contributed by atoms with van der Waals surface area (Å²) >= 11 is 0. The predicted octanol–water partition coefficient (Wildman–Crippen LogP) is 1.82. The fourth-order valence-corrected chi connectivity index (χ4v) is 3.29. The van der Waals surface area contributed by atoms with Gasteiger partial charge in [0.25, 0.3) is 0 Å². The Morgan fingerprint density at radius 2 is 1.95 bits per heavy atom. The van der Waals surface area contributed by atoms with Gasteiger partial charge in [0.05, 0.1) is 13.2 Å². The Bertz CT molecular complexity index is 489. The van der Waals surface area contributed by atoms with Crippen molar-refractivity contribution in [1.29, 1.82) is 0 Å². The highest BCUT2D eigenvalue weighted by Gasteiger charge is 2.32. The molecule has 2 rings (SSSR count). The van der Waals surface area contributed by atoms with Gasteiger partial charge < -0.3 is 15.0 Å². The van der Waals surface area contributed by atoms with Crippen LogP contribution in [0.1, 0.15) is 22.7 Å². The number of aryl methyl sites for hydroxylation is 1. The second-order valence-electron chi connectivity index (χ2n) is 6.21. The van der Waals surface area contributed by atoms with Gasteiger partial charge in [-0.15, -0.1) is 0 Å². The summed E-state index contributed by atoms with van der Waals surface area (Å²) in [6.07, 6.45) is 0. The number of ether oxygens (including phenoxy) is 1. The molecule has 1 aliphatic heterocycles. The molecule has 2 unspecified atom stereocenters. The van der Waals surface area contributed by atoms with E-state index in [2.05, 4.69) is 55.2 Å². The van der Waals surface area contributed by atoms with Crippen LogP contribution in [0.3, 0.4) is 0 Å². The molecule has 1 N–H and O–H groups in total. The maximum Gasteiger partial charge on any atom is 0.126 e. The summed E-state index contributed by atoms with van der Waals surface area (Å²) in [6.45, 7) is 7.58. The van der Waals surface area contributed by atoms with Crippen LogP contribution in [0, 0.1) is 13.8 Å². The van der Waals surface area contributed by atoms with E-state index in [1.807, 2.05) is 7.05 Å². The lowest BCUT2D eigenvalue weighted by molar-refractivity contribution is 0.0890. The minimum Gasteiger partial charge on any atom is -0.496 e. The van der Waals surface area contributed by atoms with E-state index in [0.29, 0.717) is 6.04 Å². The lowest BCUT2D eigenvalue weighted by Gasteiger charge is -2.42. The van der Waals surface area contributed by atoms with E-state index < -0.39 is 0 Å². The molecule has 1 fully saturated rings. The first kappa shape index (κ1) is 16.3. The molecule has 0 aliphatic carbocycles. The zero-order valence-corrected chi connectivity index (χ0v) is 14.2. The van der Waals surface area contributed by atoms with Crippen LogP contribution >= 0.6 is 0 Å². The minimum absolute atomic E-state index is 0.270. The van der Waals surface area contributed by atoms with E-state index in [1.165, 1.54) is 16.7 Å². The Balaban J connectivity index is 2.39. The molecule has 4 heteroatoms. The summed E-state index contributed by atoms with van der Waals surface area (Å²) < 4.78 is 5.72. The molecule has 1 heterocycles. The highest BCUT2D eigenvalue weighted by molar-refractivity contribution is 5.47. The third kappa shape index (κ3) is 3.23. The highest BCUT2D eigenvalue weighted by atomic mass is 16.5. The van der Waals surface area contributed by atoms with Crippen LogP contribution in [-0.2, 0) is 0 Å². The van der Waals surface area contributed by atoms with E-state index in [0.717, 1.165) is 25.4 Å². The molecular weight excluding hydrogens is 262 g/mol. The van der Waals surface area contributed by atoms with Crippen molar-refractivity contribution in [3.05, 3.63) is 28.8 Å². The fourth-order valence-electron chi connectivity index (χ4n) is 3.29. The molecule has 0 radical (unpaired) electrons. The summed E-state index contributed by atoms with van der Waals surface area (Å²) in [7, 11) is 8.23. The lowest BCUT2D eigenvalue weighted by atomic mass is 9.92. The van der Waals surface area contributed by atoms with Crippen molar-refractivity contribution >= 4 is 0 Å². The van der Waals surface area contributed by atoms with Crippen LogP contribution in [-0.4, -0.2) is 63.7 Å². The second kappa shape index (κ2) is 6.77. The topological polar surface area (TPSA) is 27.7 Å². The second-order valence-corrected chi connectivity index (χ2v) is 6.21. The first-order valence-corrected chi connectivity index (χ1v) is 7.69. The van der Waals surface area contributed by atoms with Crippen LogP contribution in [0.2, 0.25) is 0 Å². The largest absolute Gasteiger partial charge is 0.496 e. The maximum atomic E-state index is 5.72. The van der Waals surface area contributed by atoms with Crippen LogP contribution in [0.4, 0.5) is 0 Å². The van der Waals surface area contributed by atoms with E-state index in [1.54, 1.807) is 7.11 Å². The number of hydrogen-bond donors (Lipinski definition) is 1. The van der Waals surface area contributed by atoms with Crippen LogP contribution < -0.4 is 10.1 Å². The average Bonchev–Trinajstić information content (AvgIpc) is 2.47. The summed E-state index contributed by atoms with van der Waals surface area (Å²) in [6, 6.07) is 5.13. The van der Waals surface area contributed by atoms with Crippen LogP contribution in [0.5, 0.6) is 5.75 Å². The van der Waals surface area contributed by atoms with Gasteiger partial charge in [0.2, 0.25) is 0 Å². The Kier molecular flexibility index (Phi) is 5.25. The molecule has 4 nitrogen and oxygen atoms in total. The molecule has 0 bridgehead atoms. The molecular formula is C17H29N3O. The Labute approximate surface area is 129 Å². The summed E-state index contributed by atoms with van der Waals surface area (Å²) in [5.41, 5.74) is 3.77. The molecule has 0 spiro atoms. The van der Waals surface area contributed by atoms with Crippen molar-refractivity contribution in [1.82, 2.24) is 15.1 Å².